The largest absolute Gasteiger partial charge is 0.377 e. The number of hydrogen-bond acceptors (Lipinski definition) is 6. The Kier molecular flexibility index (Phi) is 8.75. The van der Waals surface area contributed by atoms with E-state index in [-0.39, 0.29) is 18.2 Å². The van der Waals surface area contributed by atoms with Crippen molar-refractivity contribution in [2.45, 2.75) is 59.0 Å². The molecule has 8 heteroatoms. The molecule has 0 atom stereocenters. The number of hydrogen-bond donors (Lipinski definition) is 1. The van der Waals surface area contributed by atoms with Gasteiger partial charge in [0.05, 0.1) is 25.9 Å². The van der Waals surface area contributed by atoms with Crippen LogP contribution in [0.4, 0.5) is 14.6 Å². The lowest BCUT2D eigenvalue weighted by Gasteiger charge is -2.35. The number of aromatic nitrogens is 1. The van der Waals surface area contributed by atoms with Crippen molar-refractivity contribution in [2.24, 2.45) is 0 Å². The number of anilines is 1. The summed E-state index contributed by atoms with van der Waals surface area (Å²) in [4.78, 5) is 9.04. The van der Waals surface area contributed by atoms with Gasteiger partial charge in [0.15, 0.2) is 0 Å². The van der Waals surface area contributed by atoms with Crippen LogP contribution in [0.5, 0.6) is 0 Å². The Morgan fingerprint density at radius 2 is 1.83 bits per heavy atom. The Labute approximate surface area is 173 Å². The van der Waals surface area contributed by atoms with Crippen LogP contribution in [0.1, 0.15) is 40.2 Å². The molecule has 0 saturated carbocycles. The standard InChI is InChI=1S/C21H36F2N4O2/c1-17(2)28-13-12-26-8-10-27(11-9-26)19-7-6-18(14-24-19)15-29-21(22,23)16-25-20(3,4)5/h6-7,14,17,25H,8-13,15-16H2,1-5H3. The van der Waals surface area contributed by atoms with Gasteiger partial charge in [-0.1, -0.05) is 6.07 Å². The maximum Gasteiger partial charge on any atom is 0.368 e. The molecule has 1 aliphatic heterocycles. The predicted octanol–water partition coefficient (Wildman–Crippen LogP) is 3.13. The molecule has 29 heavy (non-hydrogen) atoms. The number of nitrogens with one attached hydrogen (secondary N) is 1. The van der Waals surface area contributed by atoms with Gasteiger partial charge in [0.25, 0.3) is 0 Å². The Morgan fingerprint density at radius 1 is 1.14 bits per heavy atom. The van der Waals surface area contributed by atoms with Crippen molar-refractivity contribution in [2.75, 3.05) is 50.8 Å². The van der Waals surface area contributed by atoms with Crippen LogP contribution < -0.4 is 10.2 Å². The SMILES string of the molecule is CC(C)OCCN1CCN(c2ccc(COC(F)(F)CNC(C)(C)C)cn2)CC1. The maximum absolute atomic E-state index is 13.9. The summed E-state index contributed by atoms with van der Waals surface area (Å²) in [5.74, 6) is 0.869. The molecule has 1 N–H and O–H groups in total. The lowest BCUT2D eigenvalue weighted by molar-refractivity contribution is -0.242. The number of nitrogens with zero attached hydrogens (tertiary/aromatic N) is 3. The quantitative estimate of drug-likeness (QED) is 0.635. The highest BCUT2D eigenvalue weighted by Gasteiger charge is 2.31. The number of halogens is 2. The normalized spacial score (nSPS) is 16.6. The lowest BCUT2D eigenvalue weighted by Crippen LogP contribution is -2.47. The first-order valence-electron chi connectivity index (χ1n) is 10.3. The van der Waals surface area contributed by atoms with E-state index in [2.05, 4.69) is 20.1 Å². The van der Waals surface area contributed by atoms with Crippen LogP contribution in [0.25, 0.3) is 0 Å². The third-order valence-electron chi connectivity index (χ3n) is 4.64. The van der Waals surface area contributed by atoms with Gasteiger partial charge in [0, 0.05) is 44.5 Å². The van der Waals surface area contributed by atoms with Crippen LogP contribution in [0.15, 0.2) is 18.3 Å². The molecule has 0 unspecified atom stereocenters. The first-order valence-corrected chi connectivity index (χ1v) is 10.3. The summed E-state index contributed by atoms with van der Waals surface area (Å²) in [5.41, 5.74) is 0.246. The Hall–Kier alpha value is -1.35. The van der Waals surface area contributed by atoms with Crippen LogP contribution in [0, 0.1) is 0 Å². The van der Waals surface area contributed by atoms with Crippen LogP contribution in [0.3, 0.4) is 0 Å². The van der Waals surface area contributed by atoms with E-state index < -0.39 is 12.7 Å². The van der Waals surface area contributed by atoms with Crippen LogP contribution in [-0.4, -0.2) is 73.5 Å². The summed E-state index contributed by atoms with van der Waals surface area (Å²) in [5, 5.41) is 2.76. The van der Waals surface area contributed by atoms with Gasteiger partial charge >= 0.3 is 6.11 Å². The van der Waals surface area contributed by atoms with Gasteiger partial charge in [-0.05, 0) is 46.2 Å². The molecular formula is C21H36F2N4O2. The van der Waals surface area contributed by atoms with Crippen molar-refractivity contribution < 1.29 is 18.3 Å². The molecule has 1 aliphatic rings. The van der Waals surface area contributed by atoms with Crippen molar-refractivity contribution in [1.29, 1.82) is 0 Å². The molecule has 2 rings (SSSR count). The zero-order chi connectivity index (χ0) is 21.5. The second-order valence-corrected chi connectivity index (χ2v) is 8.80. The van der Waals surface area contributed by atoms with Crippen molar-refractivity contribution >= 4 is 5.82 Å². The fourth-order valence-electron chi connectivity index (χ4n) is 2.92. The monoisotopic (exact) mass is 414 g/mol. The van der Waals surface area contributed by atoms with Gasteiger partial charge in [0.1, 0.15) is 5.82 Å². The van der Waals surface area contributed by atoms with Gasteiger partial charge in [-0.15, -0.1) is 0 Å². The molecule has 2 heterocycles. The Morgan fingerprint density at radius 3 is 2.38 bits per heavy atom. The smallest absolute Gasteiger partial charge is 0.368 e. The first-order chi connectivity index (χ1) is 13.5. The number of alkyl halides is 2. The first kappa shape index (κ1) is 23.9. The number of pyridine rings is 1. The molecule has 0 spiro atoms. The van der Waals surface area contributed by atoms with Gasteiger partial charge in [-0.2, -0.15) is 8.78 Å². The summed E-state index contributed by atoms with van der Waals surface area (Å²) in [6.45, 7) is 14.3. The van der Waals surface area contributed by atoms with E-state index in [9.17, 15) is 8.78 Å². The van der Waals surface area contributed by atoms with Crippen molar-refractivity contribution in [3.63, 3.8) is 0 Å². The van der Waals surface area contributed by atoms with E-state index in [4.69, 9.17) is 9.47 Å². The average molecular weight is 415 g/mol. The minimum Gasteiger partial charge on any atom is -0.377 e. The Bertz CT molecular complexity index is 598. The summed E-state index contributed by atoms with van der Waals surface area (Å²) in [7, 11) is 0. The molecule has 1 aromatic rings. The van der Waals surface area contributed by atoms with Crippen molar-refractivity contribution in [3.8, 4) is 0 Å². The molecule has 6 nitrogen and oxygen atoms in total. The third kappa shape index (κ3) is 9.33. The van der Waals surface area contributed by atoms with Gasteiger partial charge in [-0.3, -0.25) is 4.90 Å². The summed E-state index contributed by atoms with van der Waals surface area (Å²) < 4.78 is 38.1. The summed E-state index contributed by atoms with van der Waals surface area (Å²) in [6, 6.07) is 3.68. The van der Waals surface area contributed by atoms with E-state index in [0.717, 1.165) is 45.1 Å². The molecule has 166 valence electrons. The molecule has 1 fully saturated rings. The molecule has 0 bridgehead atoms. The highest BCUT2D eigenvalue weighted by atomic mass is 19.3. The zero-order valence-corrected chi connectivity index (χ0v) is 18.4. The molecule has 1 saturated heterocycles. The van der Waals surface area contributed by atoms with Gasteiger partial charge in [0.2, 0.25) is 0 Å². The number of rotatable bonds is 10. The second-order valence-electron chi connectivity index (χ2n) is 8.80. The van der Waals surface area contributed by atoms with E-state index in [1.165, 1.54) is 0 Å². The van der Waals surface area contributed by atoms with Crippen LogP contribution >= 0.6 is 0 Å². The highest BCUT2D eigenvalue weighted by molar-refractivity contribution is 5.39. The fraction of sp³-hybridized carbons (Fsp3) is 0.762. The van der Waals surface area contributed by atoms with Crippen LogP contribution in [-0.2, 0) is 16.1 Å². The maximum atomic E-state index is 13.9. The fourth-order valence-corrected chi connectivity index (χ4v) is 2.92. The molecule has 0 aliphatic carbocycles. The molecule has 0 amide bonds. The highest BCUT2D eigenvalue weighted by Crippen LogP contribution is 2.19. The minimum atomic E-state index is -3.22. The molecule has 0 radical (unpaired) electrons. The molecule has 0 aromatic carbocycles. The van der Waals surface area contributed by atoms with Crippen molar-refractivity contribution in [1.82, 2.24) is 15.2 Å². The van der Waals surface area contributed by atoms with Gasteiger partial charge in [-0.25, -0.2) is 4.98 Å². The van der Waals surface area contributed by atoms with E-state index in [0.29, 0.717) is 5.56 Å². The predicted molar refractivity (Wildman–Crippen MR) is 111 cm³/mol. The summed E-state index contributed by atoms with van der Waals surface area (Å²) >= 11 is 0. The number of piperazine rings is 1. The molecular weight excluding hydrogens is 378 g/mol. The van der Waals surface area contributed by atoms with E-state index >= 15 is 0 Å². The average Bonchev–Trinajstić information content (AvgIpc) is 2.65. The lowest BCUT2D eigenvalue weighted by atomic mass is 10.1. The van der Waals surface area contributed by atoms with Gasteiger partial charge < -0.3 is 19.7 Å². The van der Waals surface area contributed by atoms with E-state index in [1.54, 1.807) is 12.3 Å². The molecule has 1 aromatic heterocycles. The Balaban J connectivity index is 1.75. The zero-order valence-electron chi connectivity index (χ0n) is 18.4. The summed E-state index contributed by atoms with van der Waals surface area (Å²) in [6.07, 6.45) is -1.34. The second kappa shape index (κ2) is 10.6. The van der Waals surface area contributed by atoms with Crippen LogP contribution in [0.2, 0.25) is 0 Å². The minimum absolute atomic E-state index is 0.171. The number of ether oxygens (including phenoxy) is 2. The topological polar surface area (TPSA) is 49.9 Å². The van der Waals surface area contributed by atoms with E-state index in [1.807, 2.05) is 40.7 Å². The third-order valence-corrected chi connectivity index (χ3v) is 4.64. The van der Waals surface area contributed by atoms with Crippen molar-refractivity contribution in [3.05, 3.63) is 23.9 Å².